The molecule has 2 N–H and O–H groups in total. The van der Waals surface area contributed by atoms with Crippen LogP contribution in [-0.4, -0.2) is 76.6 Å². The molecular weight excluding hydrogens is 562 g/mol. The fourth-order valence-corrected chi connectivity index (χ4v) is 6.82. The maximum Gasteiger partial charge on any atom is 0.287 e. The molecule has 4 aromatic rings. The number of hydrogen-bond acceptors (Lipinski definition) is 9. The zero-order chi connectivity index (χ0) is 27.7. The molecule has 1 aliphatic rings. The number of fused-ring (bicyclic) bond motifs is 1. The number of halogens is 1. The minimum Gasteiger partial charge on any atom is -0.395 e. The maximum atomic E-state index is 13.5. The van der Waals surface area contributed by atoms with Crippen molar-refractivity contribution in [1.29, 1.82) is 0 Å². The van der Waals surface area contributed by atoms with Gasteiger partial charge in [0.2, 0.25) is 0 Å². The van der Waals surface area contributed by atoms with Crippen molar-refractivity contribution in [3.05, 3.63) is 52.3 Å². The van der Waals surface area contributed by atoms with E-state index in [2.05, 4.69) is 34.2 Å². The Hall–Kier alpha value is -2.77. The molecule has 0 radical (unpaired) electrons. The van der Waals surface area contributed by atoms with Crippen LogP contribution in [-0.2, 0) is 16.4 Å². The normalized spacial score (nSPS) is 15.4. The number of nitrogens with zero attached hydrogens (tertiary/aromatic N) is 4. The van der Waals surface area contributed by atoms with Crippen LogP contribution < -0.4 is 5.32 Å². The van der Waals surface area contributed by atoms with E-state index in [1.165, 1.54) is 23.5 Å². The molecule has 10 nitrogen and oxygen atoms in total. The van der Waals surface area contributed by atoms with Gasteiger partial charge in [0.1, 0.15) is 5.69 Å². The minimum absolute atomic E-state index is 0.0171. The fourth-order valence-electron chi connectivity index (χ4n) is 4.79. The molecule has 4 heterocycles. The first-order valence-electron chi connectivity index (χ1n) is 12.7. The van der Waals surface area contributed by atoms with E-state index in [0.717, 1.165) is 30.8 Å². The number of aliphatic hydroxyl groups is 1. The summed E-state index contributed by atoms with van der Waals surface area (Å²) in [5.74, 6) is -0.0228. The van der Waals surface area contributed by atoms with Crippen LogP contribution in [0.15, 0.2) is 45.8 Å². The molecule has 1 fully saturated rings. The number of likely N-dealkylation sites (tertiary alicyclic amines) is 1. The first kappa shape index (κ1) is 27.8. The van der Waals surface area contributed by atoms with Gasteiger partial charge < -0.3 is 24.4 Å². The highest BCUT2D eigenvalue weighted by Crippen LogP contribution is 2.32. The van der Waals surface area contributed by atoms with Crippen molar-refractivity contribution in [3.63, 3.8) is 0 Å². The molecule has 0 aliphatic carbocycles. The number of sulfone groups is 1. The number of amides is 1. The van der Waals surface area contributed by atoms with Crippen molar-refractivity contribution < 1.29 is 22.8 Å². The second kappa shape index (κ2) is 11.4. The Bertz CT molecular complexity index is 1580. The van der Waals surface area contributed by atoms with E-state index < -0.39 is 22.2 Å². The van der Waals surface area contributed by atoms with Crippen LogP contribution in [0, 0.1) is 0 Å². The summed E-state index contributed by atoms with van der Waals surface area (Å²) in [5, 5.41) is 16.5. The van der Waals surface area contributed by atoms with Crippen LogP contribution in [0.4, 0.5) is 0 Å². The van der Waals surface area contributed by atoms with E-state index >= 15 is 0 Å². The molecule has 0 unspecified atom stereocenters. The summed E-state index contributed by atoms with van der Waals surface area (Å²) >= 11 is 7.42. The van der Waals surface area contributed by atoms with Gasteiger partial charge in [0.05, 0.1) is 44.0 Å². The fraction of sp³-hybridized carbons (Fsp3) is 0.423. The van der Waals surface area contributed by atoms with Gasteiger partial charge in [0, 0.05) is 31.2 Å². The molecule has 5 rings (SSSR count). The van der Waals surface area contributed by atoms with Gasteiger partial charge in [0.25, 0.3) is 5.91 Å². The van der Waals surface area contributed by atoms with Crippen molar-refractivity contribution in [2.24, 2.45) is 0 Å². The van der Waals surface area contributed by atoms with E-state index in [9.17, 15) is 18.3 Å². The van der Waals surface area contributed by atoms with E-state index in [1.807, 2.05) is 6.07 Å². The number of carbonyl (C=O) groups is 1. The van der Waals surface area contributed by atoms with Crippen LogP contribution >= 0.6 is 22.9 Å². The summed E-state index contributed by atoms with van der Waals surface area (Å²) in [5.41, 5.74) is 1.49. The Balaban J connectivity index is 1.48. The lowest BCUT2D eigenvalue weighted by atomic mass is 10.0. The molecule has 3 aromatic heterocycles. The lowest BCUT2D eigenvalue weighted by Crippen LogP contribution is -2.47. The molecule has 1 amide bonds. The molecule has 0 bridgehead atoms. The van der Waals surface area contributed by atoms with Crippen molar-refractivity contribution >= 4 is 49.7 Å². The molecule has 1 aromatic carbocycles. The third-order valence-electron chi connectivity index (χ3n) is 6.93. The van der Waals surface area contributed by atoms with Crippen molar-refractivity contribution in [2.75, 3.05) is 25.4 Å². The molecular formula is C26H30ClN5O5S2. The molecule has 39 heavy (non-hydrogen) atoms. The van der Waals surface area contributed by atoms with Gasteiger partial charge in [-0.3, -0.25) is 4.79 Å². The highest BCUT2D eigenvalue weighted by atomic mass is 35.5. The van der Waals surface area contributed by atoms with Crippen LogP contribution in [0.2, 0.25) is 4.34 Å². The zero-order valence-corrected chi connectivity index (χ0v) is 24.0. The Morgan fingerprint density at radius 1 is 1.23 bits per heavy atom. The van der Waals surface area contributed by atoms with Crippen molar-refractivity contribution in [2.45, 2.75) is 50.2 Å². The summed E-state index contributed by atoms with van der Waals surface area (Å²) in [6.45, 7) is 5.78. The molecule has 1 aliphatic heterocycles. The Morgan fingerprint density at radius 3 is 2.67 bits per heavy atom. The highest BCUT2D eigenvalue weighted by molar-refractivity contribution is 7.91. The molecule has 1 saturated heterocycles. The van der Waals surface area contributed by atoms with E-state index in [1.54, 1.807) is 22.8 Å². The standard InChI is InChI=1S/C26H30ClN5O5S2/c1-16(2)31-9-7-17(8-10-31)28-26(34)25-29-20-4-3-19(39(35,36)12-11-33)14-21(20)32(25)15-18-13-22(37-30-18)23-5-6-24(27)38-23/h3-6,13-14,16-17,33H,7-12,15H2,1-2H3,(H,28,34). The van der Waals surface area contributed by atoms with Crippen LogP contribution in [0.1, 0.15) is 43.0 Å². The topological polar surface area (TPSA) is 131 Å². The molecule has 0 spiro atoms. The average molecular weight is 592 g/mol. The largest absolute Gasteiger partial charge is 0.395 e. The number of piperidine rings is 1. The lowest BCUT2D eigenvalue weighted by Gasteiger charge is -2.34. The van der Waals surface area contributed by atoms with E-state index in [0.29, 0.717) is 32.9 Å². The van der Waals surface area contributed by atoms with Crippen LogP contribution in [0.5, 0.6) is 0 Å². The zero-order valence-electron chi connectivity index (χ0n) is 21.6. The second-order valence-corrected chi connectivity index (χ2v) is 13.7. The minimum atomic E-state index is -3.71. The van der Waals surface area contributed by atoms with Gasteiger partial charge in [-0.05, 0) is 57.0 Å². The number of hydrogen-bond donors (Lipinski definition) is 2. The number of thiophene rings is 1. The SMILES string of the molecule is CC(C)N1CCC(NC(=O)c2nc3ccc(S(=O)(=O)CCO)cc3n2Cc2cc(-c3ccc(Cl)s3)on2)CC1. The molecule has 13 heteroatoms. The number of aromatic nitrogens is 3. The van der Waals surface area contributed by atoms with Gasteiger partial charge >= 0.3 is 0 Å². The third kappa shape index (κ3) is 6.04. The average Bonchev–Trinajstić information content (AvgIpc) is 3.63. The van der Waals surface area contributed by atoms with Gasteiger partial charge in [-0.1, -0.05) is 16.8 Å². The molecule has 208 valence electrons. The Labute approximate surface area is 235 Å². The predicted molar refractivity (Wildman–Crippen MR) is 150 cm³/mol. The molecule has 0 atom stereocenters. The Morgan fingerprint density at radius 2 is 2.00 bits per heavy atom. The van der Waals surface area contributed by atoms with E-state index in [4.69, 9.17) is 16.1 Å². The predicted octanol–water partition coefficient (Wildman–Crippen LogP) is 3.82. The van der Waals surface area contributed by atoms with Crippen LogP contribution in [0.3, 0.4) is 0 Å². The summed E-state index contributed by atoms with van der Waals surface area (Å²) in [4.78, 5) is 21.3. The highest BCUT2D eigenvalue weighted by Gasteiger charge is 2.26. The summed E-state index contributed by atoms with van der Waals surface area (Å²) in [7, 11) is -3.71. The second-order valence-electron chi connectivity index (χ2n) is 9.88. The van der Waals surface area contributed by atoms with Crippen LogP contribution in [0.25, 0.3) is 21.7 Å². The summed E-state index contributed by atoms with van der Waals surface area (Å²) < 4.78 is 33.2. The maximum absolute atomic E-state index is 13.5. The summed E-state index contributed by atoms with van der Waals surface area (Å²) in [6, 6.07) is 10.4. The van der Waals surface area contributed by atoms with E-state index in [-0.39, 0.29) is 29.2 Å². The van der Waals surface area contributed by atoms with Gasteiger partial charge in [-0.2, -0.15) is 0 Å². The van der Waals surface area contributed by atoms with Gasteiger partial charge in [-0.15, -0.1) is 11.3 Å². The van der Waals surface area contributed by atoms with Gasteiger partial charge in [0.15, 0.2) is 21.4 Å². The third-order valence-corrected chi connectivity index (χ3v) is 9.87. The number of benzene rings is 1. The summed E-state index contributed by atoms with van der Waals surface area (Å²) in [6.07, 6.45) is 1.67. The first-order chi connectivity index (χ1) is 18.6. The van der Waals surface area contributed by atoms with Crippen molar-refractivity contribution in [1.82, 2.24) is 24.9 Å². The number of aliphatic hydroxyl groups excluding tert-OH is 1. The molecule has 0 saturated carbocycles. The number of nitrogens with one attached hydrogen (secondary N) is 1. The first-order valence-corrected chi connectivity index (χ1v) is 15.6. The number of imidazole rings is 1. The quantitative estimate of drug-likeness (QED) is 0.300. The Kier molecular flexibility index (Phi) is 8.11. The van der Waals surface area contributed by atoms with Gasteiger partial charge in [-0.25, -0.2) is 13.4 Å². The smallest absolute Gasteiger partial charge is 0.287 e. The lowest BCUT2D eigenvalue weighted by molar-refractivity contribution is 0.0887. The number of carbonyl (C=O) groups excluding carboxylic acids is 1. The van der Waals surface area contributed by atoms with Crippen molar-refractivity contribution in [3.8, 4) is 10.6 Å². The number of rotatable bonds is 9. The monoisotopic (exact) mass is 591 g/mol.